The van der Waals surface area contributed by atoms with Crippen LogP contribution < -0.4 is 0 Å². The molecule has 6 nitrogen and oxygen atoms in total. The van der Waals surface area contributed by atoms with E-state index >= 15 is 0 Å². The van der Waals surface area contributed by atoms with Gasteiger partial charge in [-0.15, -0.1) is 0 Å². The van der Waals surface area contributed by atoms with E-state index in [1.54, 1.807) is 0 Å². The summed E-state index contributed by atoms with van der Waals surface area (Å²) in [6, 6.07) is 58.1. The Balaban J connectivity index is 1.21. The van der Waals surface area contributed by atoms with Gasteiger partial charge in [0.05, 0.1) is 55.7 Å². The summed E-state index contributed by atoms with van der Waals surface area (Å²) in [5, 5.41) is 29.8. The van der Waals surface area contributed by atoms with Crippen molar-refractivity contribution in [3.05, 3.63) is 169 Å². The molecule has 6 heteroatoms. The van der Waals surface area contributed by atoms with Crippen LogP contribution in [0.5, 0.6) is 0 Å². The van der Waals surface area contributed by atoms with E-state index in [2.05, 4.69) is 106 Å². The second-order valence-electron chi connectivity index (χ2n) is 14.3. The molecule has 4 aromatic heterocycles. The third-order valence-corrected chi connectivity index (χ3v) is 11.3. The number of para-hydroxylation sites is 5. The predicted octanol–water partition coefficient (Wildman–Crippen LogP) is 13.1. The molecule has 0 fully saturated rings. The number of rotatable bonds is 3. The van der Waals surface area contributed by atoms with Gasteiger partial charge in [-0.05, 0) is 78.4 Å². The maximum Gasteiger partial charge on any atom is 0.137 e. The summed E-state index contributed by atoms with van der Waals surface area (Å²) in [6.45, 7) is 0. The molecule has 56 heavy (non-hydrogen) atoms. The van der Waals surface area contributed by atoms with E-state index in [-0.39, 0.29) is 0 Å². The molecule has 0 saturated carbocycles. The summed E-state index contributed by atoms with van der Waals surface area (Å²) >= 11 is 0. The summed E-state index contributed by atoms with van der Waals surface area (Å²) in [4.78, 5) is 0. The van der Waals surface area contributed by atoms with Gasteiger partial charge in [-0.2, -0.15) is 10.5 Å². The van der Waals surface area contributed by atoms with Gasteiger partial charge in [0.2, 0.25) is 0 Å². The first kappa shape index (κ1) is 30.4. The van der Waals surface area contributed by atoms with Crippen molar-refractivity contribution in [2.45, 2.75) is 0 Å². The van der Waals surface area contributed by atoms with Crippen molar-refractivity contribution in [3.8, 4) is 34.6 Å². The number of fused-ring (bicyclic) bond motifs is 14. The fraction of sp³-hybridized carbons (Fsp3) is 0. The molecule has 0 spiro atoms. The van der Waals surface area contributed by atoms with Crippen molar-refractivity contribution < 1.29 is 8.83 Å². The van der Waals surface area contributed by atoms with Crippen LogP contribution in [0, 0.1) is 22.7 Å². The minimum atomic E-state index is 0.506. The zero-order valence-electron chi connectivity index (χ0n) is 29.6. The van der Waals surface area contributed by atoms with Crippen molar-refractivity contribution in [1.29, 1.82) is 10.5 Å². The predicted molar refractivity (Wildman–Crippen MR) is 225 cm³/mol. The van der Waals surface area contributed by atoms with E-state index in [1.807, 2.05) is 72.8 Å². The van der Waals surface area contributed by atoms with Crippen LogP contribution in [0.4, 0.5) is 0 Å². The van der Waals surface area contributed by atoms with E-state index in [0.29, 0.717) is 11.1 Å². The molecule has 0 unspecified atom stereocenters. The van der Waals surface area contributed by atoms with Gasteiger partial charge in [0, 0.05) is 43.6 Å². The van der Waals surface area contributed by atoms with Crippen LogP contribution in [0.15, 0.2) is 167 Å². The summed E-state index contributed by atoms with van der Waals surface area (Å²) < 4.78 is 17.3. The lowest BCUT2D eigenvalue weighted by Gasteiger charge is -2.18. The number of nitriles is 2. The van der Waals surface area contributed by atoms with Gasteiger partial charge >= 0.3 is 0 Å². The molecule has 4 heterocycles. The van der Waals surface area contributed by atoms with Crippen molar-refractivity contribution >= 4 is 87.5 Å². The molecule has 0 saturated heterocycles. The fourth-order valence-electron chi connectivity index (χ4n) is 9.10. The van der Waals surface area contributed by atoms with E-state index in [0.717, 1.165) is 110 Å². The number of hydrogen-bond donors (Lipinski definition) is 0. The topological polar surface area (TPSA) is 83.7 Å². The quantitative estimate of drug-likeness (QED) is 0.182. The van der Waals surface area contributed by atoms with E-state index in [9.17, 15) is 10.5 Å². The molecular weight excluding hydrogens is 689 g/mol. The van der Waals surface area contributed by atoms with Gasteiger partial charge in [-0.25, -0.2) is 0 Å². The first-order valence-corrected chi connectivity index (χ1v) is 18.5. The Kier molecular flexibility index (Phi) is 6.10. The van der Waals surface area contributed by atoms with Crippen molar-refractivity contribution in [2.75, 3.05) is 0 Å². The van der Waals surface area contributed by atoms with E-state index in [1.165, 1.54) is 0 Å². The van der Waals surface area contributed by atoms with Gasteiger partial charge in [0.25, 0.3) is 0 Å². The highest BCUT2D eigenvalue weighted by Crippen LogP contribution is 2.45. The number of benzene rings is 8. The SMILES string of the molecule is N#Cc1cc(-c2cccc(C#N)c2-n2c3ccccc3c3ccc4oc5ccccc5c4c32)cc(-n2c3ccccc3c3ccc4oc5ccccc5c4c32)c1. The summed E-state index contributed by atoms with van der Waals surface area (Å²) in [5.74, 6) is 0. The third kappa shape index (κ3) is 4.02. The zero-order valence-corrected chi connectivity index (χ0v) is 29.6. The number of aromatic nitrogens is 2. The van der Waals surface area contributed by atoms with Gasteiger partial charge in [-0.3, -0.25) is 0 Å². The van der Waals surface area contributed by atoms with Crippen LogP contribution in [0.3, 0.4) is 0 Å². The lowest BCUT2D eigenvalue weighted by molar-refractivity contribution is 0.669. The number of hydrogen-bond acceptors (Lipinski definition) is 4. The number of furan rings is 2. The third-order valence-electron chi connectivity index (χ3n) is 11.3. The standard InChI is InChI=1S/C50H26N4O2/c51-27-29-24-31(26-32(25-29)53-40-16-5-1-11-34(40)36-20-22-44-46(49(36)53)38-13-3-7-18-42(38)55-44)33-15-9-10-30(28-52)48(33)54-41-17-6-2-12-35(41)37-21-23-45-47(50(37)54)39-14-4-8-19-43(39)56-45/h1-26H. The molecule has 8 aromatic carbocycles. The molecule has 12 rings (SSSR count). The average molecular weight is 715 g/mol. The highest BCUT2D eigenvalue weighted by atomic mass is 16.3. The highest BCUT2D eigenvalue weighted by molar-refractivity contribution is 6.26. The lowest BCUT2D eigenvalue weighted by atomic mass is 9.97. The molecule has 0 N–H and O–H groups in total. The summed E-state index contributed by atoms with van der Waals surface area (Å²) in [6.07, 6.45) is 0. The molecule has 0 aliphatic rings. The molecule has 0 atom stereocenters. The second kappa shape index (κ2) is 11.2. The first-order valence-electron chi connectivity index (χ1n) is 18.5. The smallest absolute Gasteiger partial charge is 0.137 e. The Morgan fingerprint density at radius 3 is 1.59 bits per heavy atom. The van der Waals surface area contributed by atoms with Crippen molar-refractivity contribution in [3.63, 3.8) is 0 Å². The average Bonchev–Trinajstić information content (AvgIpc) is 4.00. The molecular formula is C50H26N4O2. The van der Waals surface area contributed by atoms with Gasteiger partial charge < -0.3 is 18.0 Å². The minimum Gasteiger partial charge on any atom is -0.456 e. The summed E-state index contributed by atoms with van der Waals surface area (Å²) in [5.41, 5.74) is 11.4. The van der Waals surface area contributed by atoms with Crippen molar-refractivity contribution in [2.24, 2.45) is 0 Å². The Morgan fingerprint density at radius 1 is 0.429 bits per heavy atom. The second-order valence-corrected chi connectivity index (χ2v) is 14.3. The Morgan fingerprint density at radius 2 is 0.982 bits per heavy atom. The maximum absolute atomic E-state index is 10.8. The van der Waals surface area contributed by atoms with Crippen LogP contribution >= 0.6 is 0 Å². The monoisotopic (exact) mass is 714 g/mol. The molecule has 12 aromatic rings. The Labute approximate surface area is 318 Å². The molecule has 0 amide bonds. The molecule has 0 bridgehead atoms. The molecule has 0 aliphatic carbocycles. The first-order chi connectivity index (χ1) is 27.7. The van der Waals surface area contributed by atoms with Crippen LogP contribution in [0.25, 0.3) is 110 Å². The Bertz CT molecular complexity index is 3750. The van der Waals surface area contributed by atoms with Crippen LogP contribution in [-0.4, -0.2) is 9.13 Å². The minimum absolute atomic E-state index is 0.506. The van der Waals surface area contributed by atoms with Crippen molar-refractivity contribution in [1.82, 2.24) is 9.13 Å². The van der Waals surface area contributed by atoms with E-state index < -0.39 is 0 Å². The van der Waals surface area contributed by atoms with E-state index in [4.69, 9.17) is 8.83 Å². The number of nitrogens with zero attached hydrogens (tertiary/aromatic N) is 4. The highest BCUT2D eigenvalue weighted by Gasteiger charge is 2.24. The fourth-order valence-corrected chi connectivity index (χ4v) is 9.10. The molecule has 0 radical (unpaired) electrons. The largest absolute Gasteiger partial charge is 0.456 e. The summed E-state index contributed by atoms with van der Waals surface area (Å²) in [7, 11) is 0. The van der Waals surface area contributed by atoms with Crippen LogP contribution in [-0.2, 0) is 0 Å². The van der Waals surface area contributed by atoms with Gasteiger partial charge in [0.1, 0.15) is 28.4 Å². The van der Waals surface area contributed by atoms with Gasteiger partial charge in [-0.1, -0.05) is 84.9 Å². The lowest BCUT2D eigenvalue weighted by Crippen LogP contribution is -2.02. The van der Waals surface area contributed by atoms with Gasteiger partial charge in [0.15, 0.2) is 0 Å². The Hall–Kier alpha value is -8.06. The van der Waals surface area contributed by atoms with Crippen LogP contribution in [0.2, 0.25) is 0 Å². The zero-order chi connectivity index (χ0) is 37.1. The van der Waals surface area contributed by atoms with Crippen LogP contribution in [0.1, 0.15) is 11.1 Å². The molecule has 258 valence electrons. The maximum atomic E-state index is 10.8. The normalized spacial score (nSPS) is 11.9. The molecule has 0 aliphatic heterocycles.